The van der Waals surface area contributed by atoms with Crippen LogP contribution in [0.3, 0.4) is 0 Å². The summed E-state index contributed by atoms with van der Waals surface area (Å²) in [6, 6.07) is 10.4. The number of nitrogens with one attached hydrogen (secondary N) is 2. The van der Waals surface area contributed by atoms with Gasteiger partial charge in [0, 0.05) is 18.5 Å². The van der Waals surface area contributed by atoms with Crippen molar-refractivity contribution in [1.82, 2.24) is 15.5 Å². The molecule has 2 rings (SSSR count). The fourth-order valence-electron chi connectivity index (χ4n) is 4.64. The molecule has 0 radical (unpaired) electrons. The number of alkyl carbamates (subject to hydrolysis) is 1. The fourth-order valence-corrected chi connectivity index (χ4v) is 4.64. The third kappa shape index (κ3) is 11.4. The number of nitrogens with zero attached hydrogens (tertiary/aromatic N) is 1. The van der Waals surface area contributed by atoms with Crippen molar-refractivity contribution in [2.45, 2.75) is 118 Å². The Morgan fingerprint density at radius 3 is 2.10 bits per heavy atom. The Labute approximate surface area is 252 Å². The van der Waals surface area contributed by atoms with Crippen molar-refractivity contribution in [1.29, 1.82) is 0 Å². The first-order chi connectivity index (χ1) is 19.5. The van der Waals surface area contributed by atoms with Crippen LogP contribution >= 0.6 is 0 Å². The largest absolute Gasteiger partial charge is 0.508 e. The van der Waals surface area contributed by atoms with Gasteiger partial charge in [-0.1, -0.05) is 56.5 Å². The van der Waals surface area contributed by atoms with Gasteiger partial charge in [-0.25, -0.2) is 4.79 Å². The van der Waals surface area contributed by atoms with Gasteiger partial charge >= 0.3 is 6.09 Å². The van der Waals surface area contributed by atoms with Gasteiger partial charge in [0.25, 0.3) is 0 Å². The van der Waals surface area contributed by atoms with Crippen LogP contribution in [0.4, 0.5) is 4.79 Å². The number of carbonyl (C=O) groups is 3. The average molecular weight is 582 g/mol. The van der Waals surface area contributed by atoms with Crippen LogP contribution in [-0.4, -0.2) is 51.6 Å². The molecular formula is C34H51N3O5. The average Bonchev–Trinajstić information content (AvgIpc) is 2.86. The quantitative estimate of drug-likeness (QED) is 0.248. The van der Waals surface area contributed by atoms with Crippen LogP contribution < -0.4 is 10.6 Å². The van der Waals surface area contributed by atoms with Gasteiger partial charge < -0.3 is 25.4 Å². The Morgan fingerprint density at radius 2 is 1.55 bits per heavy atom. The highest BCUT2D eigenvalue weighted by Gasteiger charge is 2.37. The molecule has 0 aromatic heterocycles. The number of rotatable bonds is 12. The lowest BCUT2D eigenvalue weighted by Crippen LogP contribution is -2.55. The third-order valence-electron chi connectivity index (χ3n) is 6.81. The van der Waals surface area contributed by atoms with Crippen LogP contribution in [0.25, 0.3) is 0 Å². The Bertz CT molecular complexity index is 1200. The fraction of sp³-hybridized carbons (Fsp3) is 0.559. The maximum absolute atomic E-state index is 14.5. The molecule has 232 valence electrons. The van der Waals surface area contributed by atoms with Crippen LogP contribution in [0.15, 0.2) is 42.5 Å². The third-order valence-corrected chi connectivity index (χ3v) is 6.81. The van der Waals surface area contributed by atoms with Gasteiger partial charge in [-0.05, 0) is 96.2 Å². The van der Waals surface area contributed by atoms with Gasteiger partial charge in [-0.3, -0.25) is 9.59 Å². The number of unbranched alkanes of at least 4 members (excludes halogenated alkanes) is 3. The molecule has 2 unspecified atom stereocenters. The lowest BCUT2D eigenvalue weighted by molar-refractivity contribution is -0.143. The predicted octanol–water partition coefficient (Wildman–Crippen LogP) is 6.51. The molecule has 0 saturated carbocycles. The van der Waals surface area contributed by atoms with Crippen LogP contribution in [0.1, 0.15) is 102 Å². The highest BCUT2D eigenvalue weighted by Crippen LogP contribution is 2.27. The Hall–Kier alpha value is -3.55. The molecule has 8 heteroatoms. The molecular weight excluding hydrogens is 530 g/mol. The number of phenolic OH excluding ortho intramolecular Hbond substituents is 1. The van der Waals surface area contributed by atoms with Crippen molar-refractivity contribution < 1.29 is 24.2 Å². The summed E-state index contributed by atoms with van der Waals surface area (Å²) in [5, 5.41) is 15.7. The van der Waals surface area contributed by atoms with Crippen molar-refractivity contribution in [2.75, 3.05) is 6.54 Å². The van der Waals surface area contributed by atoms with E-state index >= 15 is 0 Å². The SMILES string of the molecule is CCCCCCN(C(=O)C(Cc1ccc(O)cc1)NC(=O)OC(C)(C)C)C(C(=O)NC(C)(C)C)c1ccc(C)c(C)c1. The molecule has 0 aliphatic carbocycles. The molecule has 2 atom stereocenters. The first-order valence-corrected chi connectivity index (χ1v) is 15.0. The van der Waals surface area contributed by atoms with E-state index in [4.69, 9.17) is 4.74 Å². The molecule has 0 bridgehead atoms. The van der Waals surface area contributed by atoms with Crippen molar-refractivity contribution in [2.24, 2.45) is 0 Å². The van der Waals surface area contributed by atoms with Crippen molar-refractivity contribution >= 4 is 17.9 Å². The molecule has 3 amide bonds. The van der Waals surface area contributed by atoms with Crippen LogP contribution in [0, 0.1) is 13.8 Å². The highest BCUT2D eigenvalue weighted by molar-refractivity contribution is 5.92. The monoisotopic (exact) mass is 581 g/mol. The summed E-state index contributed by atoms with van der Waals surface area (Å²) in [5.74, 6) is -0.555. The summed E-state index contributed by atoms with van der Waals surface area (Å²) in [7, 11) is 0. The summed E-state index contributed by atoms with van der Waals surface area (Å²) in [5.41, 5.74) is 2.29. The van der Waals surface area contributed by atoms with E-state index < -0.39 is 29.3 Å². The molecule has 0 saturated heterocycles. The maximum Gasteiger partial charge on any atom is 0.408 e. The Balaban J connectivity index is 2.62. The summed E-state index contributed by atoms with van der Waals surface area (Å²) in [4.78, 5) is 43.1. The lowest BCUT2D eigenvalue weighted by atomic mass is 9.96. The zero-order valence-corrected chi connectivity index (χ0v) is 27.0. The van der Waals surface area contributed by atoms with Gasteiger partial charge in [0.1, 0.15) is 23.4 Å². The summed E-state index contributed by atoms with van der Waals surface area (Å²) in [6.45, 7) is 17.5. The second-order valence-electron chi connectivity index (χ2n) is 13.1. The number of amides is 3. The Kier molecular flexibility index (Phi) is 12.4. The number of benzene rings is 2. The van der Waals surface area contributed by atoms with Crippen molar-refractivity contribution in [3.05, 3.63) is 64.7 Å². The zero-order valence-electron chi connectivity index (χ0n) is 27.0. The summed E-state index contributed by atoms with van der Waals surface area (Å²) in [6.07, 6.45) is 3.10. The molecule has 0 fully saturated rings. The minimum Gasteiger partial charge on any atom is -0.508 e. The zero-order chi connectivity index (χ0) is 31.7. The van der Waals surface area contributed by atoms with Crippen molar-refractivity contribution in [3.63, 3.8) is 0 Å². The van der Waals surface area contributed by atoms with Gasteiger partial charge in [-0.15, -0.1) is 0 Å². The van der Waals surface area contributed by atoms with Crippen LogP contribution in [0.2, 0.25) is 0 Å². The van der Waals surface area contributed by atoms with E-state index in [9.17, 15) is 19.5 Å². The minimum absolute atomic E-state index is 0.105. The van der Waals surface area contributed by atoms with Gasteiger partial charge in [0.2, 0.25) is 11.8 Å². The summed E-state index contributed by atoms with van der Waals surface area (Å²) < 4.78 is 5.52. The molecule has 42 heavy (non-hydrogen) atoms. The van der Waals surface area contributed by atoms with E-state index in [0.29, 0.717) is 18.5 Å². The van der Waals surface area contributed by atoms with Gasteiger partial charge in [0.15, 0.2) is 0 Å². The van der Waals surface area contributed by atoms with Crippen LogP contribution in [-0.2, 0) is 20.7 Å². The van der Waals surface area contributed by atoms with E-state index in [2.05, 4.69) is 17.6 Å². The molecule has 0 aliphatic rings. The van der Waals surface area contributed by atoms with Gasteiger partial charge in [0.05, 0.1) is 0 Å². The van der Waals surface area contributed by atoms with Gasteiger partial charge in [-0.2, -0.15) is 0 Å². The highest BCUT2D eigenvalue weighted by atomic mass is 16.6. The number of hydrogen-bond acceptors (Lipinski definition) is 5. The number of hydrogen-bond donors (Lipinski definition) is 3. The molecule has 3 N–H and O–H groups in total. The second kappa shape index (κ2) is 15.1. The topological polar surface area (TPSA) is 108 Å². The molecule has 0 spiro atoms. The number of ether oxygens (including phenoxy) is 1. The van der Waals surface area contributed by atoms with Crippen molar-refractivity contribution in [3.8, 4) is 5.75 Å². The first kappa shape index (κ1) is 34.7. The predicted molar refractivity (Wildman–Crippen MR) is 167 cm³/mol. The number of aryl methyl sites for hydroxylation is 2. The number of carbonyl (C=O) groups excluding carboxylic acids is 3. The molecule has 0 aliphatic heterocycles. The normalized spacial score (nSPS) is 13.2. The maximum atomic E-state index is 14.5. The molecule has 2 aromatic rings. The van der Waals surface area contributed by atoms with E-state index in [0.717, 1.165) is 36.0 Å². The lowest BCUT2D eigenvalue weighted by Gasteiger charge is -2.36. The summed E-state index contributed by atoms with van der Waals surface area (Å²) >= 11 is 0. The van der Waals surface area contributed by atoms with E-state index in [1.807, 2.05) is 52.8 Å². The van der Waals surface area contributed by atoms with E-state index in [1.54, 1.807) is 49.9 Å². The van der Waals surface area contributed by atoms with Crippen LogP contribution in [0.5, 0.6) is 5.75 Å². The number of phenols is 1. The molecule has 2 aromatic carbocycles. The standard InChI is InChI=1S/C34H51N3O5/c1-10-11-12-13-20-37(29(30(39)36-33(4,5)6)26-17-14-23(2)24(3)21-26)31(40)28(35-32(41)42-34(7,8)9)22-25-15-18-27(38)19-16-25/h14-19,21,28-29,38H,10-13,20,22H2,1-9H3,(H,35,41)(H,36,39). The molecule has 0 heterocycles. The Morgan fingerprint density at radius 1 is 0.905 bits per heavy atom. The van der Waals surface area contributed by atoms with E-state index in [-0.39, 0.29) is 24.0 Å². The minimum atomic E-state index is -1.01. The smallest absolute Gasteiger partial charge is 0.408 e. The first-order valence-electron chi connectivity index (χ1n) is 15.0. The number of aromatic hydroxyl groups is 1. The van der Waals surface area contributed by atoms with E-state index in [1.165, 1.54) is 0 Å². The second-order valence-corrected chi connectivity index (χ2v) is 13.1. The molecule has 8 nitrogen and oxygen atoms in total.